The number of nitrogens with one attached hydrogen (secondary N) is 1. The summed E-state index contributed by atoms with van der Waals surface area (Å²) in [4.78, 5) is 0. The van der Waals surface area contributed by atoms with Gasteiger partial charge in [0.05, 0.1) is 0 Å². The van der Waals surface area contributed by atoms with Crippen molar-refractivity contribution in [3.63, 3.8) is 0 Å². The summed E-state index contributed by atoms with van der Waals surface area (Å²) in [5, 5.41) is 3.43. The van der Waals surface area contributed by atoms with Gasteiger partial charge in [0.15, 0.2) is 0 Å². The smallest absolute Gasteiger partial charge is 0.0419 e. The highest BCUT2D eigenvalue weighted by atomic mass is 14.9. The maximum atomic E-state index is 3.43. The Bertz CT molecular complexity index is 636. The van der Waals surface area contributed by atoms with Gasteiger partial charge in [0.1, 0.15) is 0 Å². The van der Waals surface area contributed by atoms with Gasteiger partial charge < -0.3 is 5.32 Å². The topological polar surface area (TPSA) is 12.0 Å². The van der Waals surface area contributed by atoms with E-state index in [0.29, 0.717) is 0 Å². The average Bonchev–Trinajstić information content (AvgIpc) is 2.48. The Balaban J connectivity index is 1.99. The van der Waals surface area contributed by atoms with E-state index >= 15 is 0 Å². The zero-order valence-electron chi connectivity index (χ0n) is 11.1. The highest BCUT2D eigenvalue weighted by Crippen LogP contribution is 2.24. The summed E-state index contributed by atoms with van der Waals surface area (Å²) in [5.41, 5.74) is 6.28. The first-order chi connectivity index (χ1) is 9.33. The zero-order valence-corrected chi connectivity index (χ0v) is 11.1. The van der Waals surface area contributed by atoms with Gasteiger partial charge >= 0.3 is 0 Å². The number of allylic oxidation sites excluding steroid dienone is 2. The molecule has 3 rings (SSSR count). The van der Waals surface area contributed by atoms with E-state index in [2.05, 4.69) is 72.9 Å². The van der Waals surface area contributed by atoms with Crippen molar-refractivity contribution in [3.05, 3.63) is 77.9 Å². The predicted octanol–water partition coefficient (Wildman–Crippen LogP) is 4.24. The minimum absolute atomic E-state index is 0.910. The largest absolute Gasteiger partial charge is 0.381 e. The molecule has 0 amide bonds. The molecule has 2 aromatic rings. The van der Waals surface area contributed by atoms with Crippen molar-refractivity contribution in [3.8, 4) is 11.1 Å². The second-order valence-corrected chi connectivity index (χ2v) is 4.83. The molecule has 1 aliphatic heterocycles. The molecular weight excluding hydrogens is 230 g/mol. The van der Waals surface area contributed by atoms with Gasteiger partial charge in [-0.25, -0.2) is 0 Å². The van der Waals surface area contributed by atoms with E-state index in [4.69, 9.17) is 0 Å². The van der Waals surface area contributed by atoms with Crippen molar-refractivity contribution in [2.24, 2.45) is 0 Å². The van der Waals surface area contributed by atoms with Gasteiger partial charge in [-0.1, -0.05) is 60.2 Å². The Hall–Kier alpha value is -2.28. The lowest BCUT2D eigenvalue weighted by molar-refractivity contribution is 0.981. The second kappa shape index (κ2) is 5.15. The average molecular weight is 247 g/mol. The molecule has 0 bridgehead atoms. The molecule has 0 saturated heterocycles. The van der Waals surface area contributed by atoms with Crippen LogP contribution < -0.4 is 5.32 Å². The van der Waals surface area contributed by atoms with Crippen molar-refractivity contribution in [1.29, 1.82) is 0 Å². The zero-order chi connectivity index (χ0) is 13.1. The van der Waals surface area contributed by atoms with Crippen LogP contribution >= 0.6 is 0 Å². The second-order valence-electron chi connectivity index (χ2n) is 4.83. The molecule has 94 valence electrons. The van der Waals surface area contributed by atoms with Crippen molar-refractivity contribution >= 4 is 5.70 Å². The molecule has 1 nitrogen and oxygen atoms in total. The van der Waals surface area contributed by atoms with E-state index in [9.17, 15) is 0 Å². The molecule has 1 heterocycles. The molecule has 0 spiro atoms. The molecular formula is C18H17N. The van der Waals surface area contributed by atoms with Gasteiger partial charge in [0.2, 0.25) is 0 Å². The number of hydrogen-bond donors (Lipinski definition) is 1. The Labute approximate surface area is 114 Å². The minimum atomic E-state index is 0.910. The predicted molar refractivity (Wildman–Crippen MR) is 81.6 cm³/mol. The lowest BCUT2D eigenvalue weighted by Crippen LogP contribution is -2.15. The Morgan fingerprint density at radius 1 is 0.842 bits per heavy atom. The fourth-order valence-electron chi connectivity index (χ4n) is 2.34. The van der Waals surface area contributed by atoms with Crippen molar-refractivity contribution in [1.82, 2.24) is 5.32 Å². The molecule has 0 aliphatic carbocycles. The first kappa shape index (κ1) is 11.8. The summed E-state index contributed by atoms with van der Waals surface area (Å²) in [5.74, 6) is 0. The lowest BCUT2D eigenvalue weighted by atomic mass is 10.00. The van der Waals surface area contributed by atoms with E-state index in [1.165, 1.54) is 28.0 Å². The lowest BCUT2D eigenvalue weighted by Gasteiger charge is -2.15. The number of hydrogen-bond acceptors (Lipinski definition) is 1. The molecule has 1 aliphatic rings. The van der Waals surface area contributed by atoms with E-state index in [1.807, 2.05) is 6.07 Å². The summed E-state index contributed by atoms with van der Waals surface area (Å²) in [7, 11) is 0. The van der Waals surface area contributed by atoms with Crippen LogP contribution in [0.25, 0.3) is 16.8 Å². The normalized spacial score (nSPS) is 14.4. The summed E-state index contributed by atoms with van der Waals surface area (Å²) >= 11 is 0. The van der Waals surface area contributed by atoms with Gasteiger partial charge in [-0.15, -0.1) is 0 Å². The standard InChI is InChI=1S/C18H17N/c1-14-10-11-19-18(12-14)17-9-5-8-16(13-17)15-6-3-2-4-7-15/h2-10,12-13,19H,11H2,1H3. The summed E-state index contributed by atoms with van der Waals surface area (Å²) in [6.07, 6.45) is 4.40. The Kier molecular flexibility index (Phi) is 3.20. The summed E-state index contributed by atoms with van der Waals surface area (Å²) in [6.45, 7) is 3.05. The fourth-order valence-corrected chi connectivity index (χ4v) is 2.34. The molecule has 0 saturated carbocycles. The van der Waals surface area contributed by atoms with Gasteiger partial charge in [-0.05, 0) is 35.8 Å². The quantitative estimate of drug-likeness (QED) is 0.836. The Morgan fingerprint density at radius 2 is 1.58 bits per heavy atom. The van der Waals surface area contributed by atoms with E-state index in [0.717, 1.165) is 6.54 Å². The maximum absolute atomic E-state index is 3.43. The highest BCUT2D eigenvalue weighted by molar-refractivity contribution is 5.73. The van der Waals surface area contributed by atoms with Gasteiger partial charge in [-0.2, -0.15) is 0 Å². The van der Waals surface area contributed by atoms with Crippen LogP contribution in [-0.4, -0.2) is 6.54 Å². The molecule has 0 radical (unpaired) electrons. The molecule has 1 N–H and O–H groups in total. The van der Waals surface area contributed by atoms with Gasteiger partial charge in [0, 0.05) is 12.2 Å². The van der Waals surface area contributed by atoms with Crippen LogP contribution in [0.2, 0.25) is 0 Å². The van der Waals surface area contributed by atoms with E-state index in [1.54, 1.807) is 0 Å². The van der Waals surface area contributed by atoms with Crippen LogP contribution in [0.4, 0.5) is 0 Å². The third-order valence-corrected chi connectivity index (χ3v) is 3.37. The third-order valence-electron chi connectivity index (χ3n) is 3.37. The Morgan fingerprint density at radius 3 is 2.37 bits per heavy atom. The molecule has 2 aromatic carbocycles. The SMILES string of the molecule is CC1=CCNC(c2cccc(-c3ccccc3)c2)=C1. The molecule has 0 fully saturated rings. The molecule has 1 heteroatoms. The van der Waals surface area contributed by atoms with Crippen molar-refractivity contribution in [2.75, 3.05) is 6.54 Å². The van der Waals surface area contributed by atoms with Crippen LogP contribution in [-0.2, 0) is 0 Å². The van der Waals surface area contributed by atoms with Crippen LogP contribution in [0.3, 0.4) is 0 Å². The molecule has 0 aromatic heterocycles. The molecule has 19 heavy (non-hydrogen) atoms. The highest BCUT2D eigenvalue weighted by Gasteiger charge is 2.06. The van der Waals surface area contributed by atoms with Crippen LogP contribution in [0.1, 0.15) is 12.5 Å². The first-order valence-corrected chi connectivity index (χ1v) is 6.61. The van der Waals surface area contributed by atoms with Crippen LogP contribution in [0.15, 0.2) is 72.3 Å². The van der Waals surface area contributed by atoms with Crippen LogP contribution in [0, 0.1) is 0 Å². The number of benzene rings is 2. The summed E-state index contributed by atoms with van der Waals surface area (Å²) in [6, 6.07) is 19.2. The van der Waals surface area contributed by atoms with Crippen LogP contribution in [0.5, 0.6) is 0 Å². The van der Waals surface area contributed by atoms with E-state index in [-0.39, 0.29) is 0 Å². The van der Waals surface area contributed by atoms with Crippen molar-refractivity contribution < 1.29 is 0 Å². The third kappa shape index (κ3) is 2.60. The molecule has 0 atom stereocenters. The molecule has 0 unspecified atom stereocenters. The van der Waals surface area contributed by atoms with Crippen molar-refractivity contribution in [2.45, 2.75) is 6.92 Å². The fraction of sp³-hybridized carbons (Fsp3) is 0.111. The first-order valence-electron chi connectivity index (χ1n) is 6.61. The minimum Gasteiger partial charge on any atom is -0.381 e. The number of dihydropyridines is 1. The van der Waals surface area contributed by atoms with Gasteiger partial charge in [0.25, 0.3) is 0 Å². The maximum Gasteiger partial charge on any atom is 0.0419 e. The van der Waals surface area contributed by atoms with Gasteiger partial charge in [-0.3, -0.25) is 0 Å². The number of rotatable bonds is 2. The summed E-state index contributed by atoms with van der Waals surface area (Å²) < 4.78 is 0. The monoisotopic (exact) mass is 247 g/mol. The van der Waals surface area contributed by atoms with E-state index < -0.39 is 0 Å².